The summed E-state index contributed by atoms with van der Waals surface area (Å²) < 4.78 is 0. The van der Waals surface area contributed by atoms with E-state index in [1.165, 1.54) is 11.3 Å². The Morgan fingerprint density at radius 2 is 2.40 bits per heavy atom. The zero-order valence-electron chi connectivity index (χ0n) is 8.72. The number of aliphatic hydroxyl groups is 1. The number of nitrogens with zero attached hydrogens (tertiary/aromatic N) is 1. The average molecular weight is 225 g/mol. The monoisotopic (exact) mass is 225 g/mol. The molecule has 0 unspecified atom stereocenters. The lowest BCUT2D eigenvalue weighted by Gasteiger charge is -2.37. The van der Waals surface area contributed by atoms with Gasteiger partial charge in [0.2, 0.25) is 0 Å². The van der Waals surface area contributed by atoms with Gasteiger partial charge in [-0.25, -0.2) is 0 Å². The van der Waals surface area contributed by atoms with Crippen molar-refractivity contribution in [2.75, 3.05) is 11.4 Å². The third-order valence-electron chi connectivity index (χ3n) is 2.91. The summed E-state index contributed by atoms with van der Waals surface area (Å²) in [6.07, 6.45) is 2.52. The van der Waals surface area contributed by atoms with Gasteiger partial charge in [0.1, 0.15) is 0 Å². The first-order valence-electron chi connectivity index (χ1n) is 5.19. The lowest BCUT2D eigenvalue weighted by atomic mass is 10.0. The number of hydrogen-bond donors (Lipinski definition) is 1. The quantitative estimate of drug-likeness (QED) is 0.782. The number of rotatable bonds is 2. The second-order valence-corrected chi connectivity index (χ2v) is 5.00. The largest absolute Gasteiger partial charge is 0.391 e. The summed E-state index contributed by atoms with van der Waals surface area (Å²) in [5.41, 5.74) is 1.06. The first-order chi connectivity index (χ1) is 7.20. The van der Waals surface area contributed by atoms with E-state index in [2.05, 4.69) is 11.8 Å². The SMILES string of the molecule is C[C@@H]1CC[C@H](O)CN1c1csc(C=O)c1. The zero-order valence-corrected chi connectivity index (χ0v) is 9.54. The Hall–Kier alpha value is -0.870. The van der Waals surface area contributed by atoms with Gasteiger partial charge in [-0.3, -0.25) is 4.79 Å². The van der Waals surface area contributed by atoms with E-state index >= 15 is 0 Å². The van der Waals surface area contributed by atoms with E-state index in [4.69, 9.17) is 0 Å². The fourth-order valence-corrected chi connectivity index (χ4v) is 2.71. The standard InChI is InChI=1S/C11H15NO2S/c1-8-2-3-10(14)5-12(8)9-4-11(6-13)15-7-9/h4,6-8,10,14H,2-3,5H2,1H3/t8-,10+/m1/s1. The van der Waals surface area contributed by atoms with Crippen LogP contribution in [0.15, 0.2) is 11.4 Å². The highest BCUT2D eigenvalue weighted by Crippen LogP contribution is 2.28. The maximum Gasteiger partial charge on any atom is 0.160 e. The summed E-state index contributed by atoms with van der Waals surface area (Å²) >= 11 is 1.46. The number of aliphatic hydroxyl groups excluding tert-OH is 1. The highest BCUT2D eigenvalue weighted by molar-refractivity contribution is 7.12. The van der Waals surface area contributed by atoms with Crippen LogP contribution in [-0.2, 0) is 0 Å². The van der Waals surface area contributed by atoms with Gasteiger partial charge < -0.3 is 10.0 Å². The van der Waals surface area contributed by atoms with E-state index < -0.39 is 0 Å². The fraction of sp³-hybridized carbons (Fsp3) is 0.545. The van der Waals surface area contributed by atoms with E-state index in [9.17, 15) is 9.90 Å². The number of hydrogen-bond acceptors (Lipinski definition) is 4. The lowest BCUT2D eigenvalue weighted by Crippen LogP contribution is -2.43. The van der Waals surface area contributed by atoms with E-state index in [0.29, 0.717) is 12.6 Å². The van der Waals surface area contributed by atoms with Gasteiger partial charge in [0.15, 0.2) is 6.29 Å². The number of β-amino-alcohol motifs (C(OH)–C–C–N with tert-alkyl or cyclic N) is 1. The molecule has 1 saturated heterocycles. The molecule has 4 heteroatoms. The molecule has 0 amide bonds. The van der Waals surface area contributed by atoms with Crippen LogP contribution in [0, 0.1) is 0 Å². The normalized spacial score (nSPS) is 26.7. The van der Waals surface area contributed by atoms with E-state index in [-0.39, 0.29) is 6.10 Å². The van der Waals surface area contributed by atoms with Gasteiger partial charge in [-0.2, -0.15) is 0 Å². The molecular formula is C11H15NO2S. The molecule has 0 radical (unpaired) electrons. The molecule has 1 aromatic rings. The molecular weight excluding hydrogens is 210 g/mol. The molecule has 2 heterocycles. The topological polar surface area (TPSA) is 40.5 Å². The van der Waals surface area contributed by atoms with Crippen LogP contribution in [0.4, 0.5) is 5.69 Å². The highest BCUT2D eigenvalue weighted by atomic mass is 32.1. The van der Waals surface area contributed by atoms with Gasteiger partial charge in [-0.05, 0) is 25.8 Å². The molecule has 1 aliphatic heterocycles. The Labute approximate surface area is 93.3 Å². The van der Waals surface area contributed by atoms with E-state index in [0.717, 1.165) is 29.7 Å². The van der Waals surface area contributed by atoms with Crippen LogP contribution in [-0.4, -0.2) is 30.1 Å². The van der Waals surface area contributed by atoms with Crippen LogP contribution >= 0.6 is 11.3 Å². The fourth-order valence-electron chi connectivity index (χ4n) is 2.00. The zero-order chi connectivity index (χ0) is 10.8. The molecule has 1 N–H and O–H groups in total. The molecule has 2 atom stereocenters. The molecule has 1 aromatic heterocycles. The molecule has 0 aromatic carbocycles. The summed E-state index contributed by atoms with van der Waals surface area (Å²) in [5.74, 6) is 0. The van der Waals surface area contributed by atoms with E-state index in [1.807, 2.05) is 11.4 Å². The van der Waals surface area contributed by atoms with Crippen molar-refractivity contribution in [2.45, 2.75) is 31.9 Å². The molecule has 0 bridgehead atoms. The minimum atomic E-state index is -0.235. The van der Waals surface area contributed by atoms with Crippen molar-refractivity contribution < 1.29 is 9.90 Å². The molecule has 3 nitrogen and oxygen atoms in total. The third-order valence-corrected chi connectivity index (χ3v) is 3.76. The number of carbonyl (C=O) groups is 1. The molecule has 82 valence electrons. The van der Waals surface area contributed by atoms with Gasteiger partial charge in [0.25, 0.3) is 0 Å². The molecule has 0 saturated carbocycles. The maximum absolute atomic E-state index is 10.6. The smallest absolute Gasteiger partial charge is 0.160 e. The third kappa shape index (κ3) is 2.21. The van der Waals surface area contributed by atoms with Crippen molar-refractivity contribution in [3.05, 3.63) is 16.3 Å². The van der Waals surface area contributed by atoms with Gasteiger partial charge in [0, 0.05) is 23.7 Å². The average Bonchev–Trinajstić information content (AvgIpc) is 2.70. The summed E-state index contributed by atoms with van der Waals surface area (Å²) in [6, 6.07) is 2.34. The Bertz CT molecular complexity index is 350. The number of aldehydes is 1. The van der Waals surface area contributed by atoms with Crippen LogP contribution in [0.25, 0.3) is 0 Å². The Morgan fingerprint density at radius 1 is 1.60 bits per heavy atom. The van der Waals surface area contributed by atoms with Crippen molar-refractivity contribution in [2.24, 2.45) is 0 Å². The molecule has 0 spiro atoms. The minimum absolute atomic E-state index is 0.235. The number of thiophene rings is 1. The number of anilines is 1. The van der Waals surface area contributed by atoms with Crippen LogP contribution in [0.5, 0.6) is 0 Å². The van der Waals surface area contributed by atoms with Crippen molar-refractivity contribution in [3.8, 4) is 0 Å². The second-order valence-electron chi connectivity index (χ2n) is 4.06. The van der Waals surface area contributed by atoms with Crippen LogP contribution in [0.2, 0.25) is 0 Å². The van der Waals surface area contributed by atoms with Crippen LogP contribution < -0.4 is 4.90 Å². The number of carbonyl (C=O) groups excluding carboxylic acids is 1. The predicted molar refractivity (Wildman–Crippen MR) is 61.8 cm³/mol. The Kier molecular flexibility index (Phi) is 3.07. The van der Waals surface area contributed by atoms with Crippen LogP contribution in [0.1, 0.15) is 29.4 Å². The molecule has 2 rings (SSSR count). The van der Waals surface area contributed by atoms with Gasteiger partial charge in [-0.1, -0.05) is 0 Å². The Balaban J connectivity index is 2.17. The lowest BCUT2D eigenvalue weighted by molar-refractivity contribution is 0.112. The second kappa shape index (κ2) is 4.33. The van der Waals surface area contributed by atoms with Crippen molar-refractivity contribution >= 4 is 23.3 Å². The number of piperidine rings is 1. The predicted octanol–water partition coefficient (Wildman–Crippen LogP) is 1.91. The first kappa shape index (κ1) is 10.6. The maximum atomic E-state index is 10.6. The van der Waals surface area contributed by atoms with Gasteiger partial charge in [0.05, 0.1) is 11.0 Å². The molecule has 1 aliphatic rings. The minimum Gasteiger partial charge on any atom is -0.391 e. The first-order valence-corrected chi connectivity index (χ1v) is 6.07. The van der Waals surface area contributed by atoms with Gasteiger partial charge in [-0.15, -0.1) is 11.3 Å². The molecule has 0 aliphatic carbocycles. The van der Waals surface area contributed by atoms with E-state index in [1.54, 1.807) is 0 Å². The summed E-state index contributed by atoms with van der Waals surface area (Å²) in [6.45, 7) is 2.83. The van der Waals surface area contributed by atoms with Crippen molar-refractivity contribution in [3.63, 3.8) is 0 Å². The summed E-state index contributed by atoms with van der Waals surface area (Å²) in [4.78, 5) is 13.5. The van der Waals surface area contributed by atoms with Crippen molar-refractivity contribution in [1.29, 1.82) is 0 Å². The molecule has 15 heavy (non-hydrogen) atoms. The van der Waals surface area contributed by atoms with Crippen LogP contribution in [0.3, 0.4) is 0 Å². The summed E-state index contributed by atoms with van der Waals surface area (Å²) in [7, 11) is 0. The van der Waals surface area contributed by atoms with Crippen molar-refractivity contribution in [1.82, 2.24) is 0 Å². The molecule has 1 fully saturated rings. The highest BCUT2D eigenvalue weighted by Gasteiger charge is 2.24. The summed E-state index contributed by atoms with van der Waals surface area (Å²) in [5, 5.41) is 11.6. The van der Waals surface area contributed by atoms with Gasteiger partial charge >= 0.3 is 0 Å². The Morgan fingerprint density at radius 3 is 3.07 bits per heavy atom.